The van der Waals surface area contributed by atoms with E-state index in [2.05, 4.69) is 4.98 Å². The van der Waals surface area contributed by atoms with E-state index in [1.165, 1.54) is 0 Å². The average molecular weight is 246 g/mol. The summed E-state index contributed by atoms with van der Waals surface area (Å²) in [5.41, 5.74) is 1.37. The van der Waals surface area contributed by atoms with Crippen LogP contribution in [0.4, 0.5) is 0 Å². The van der Waals surface area contributed by atoms with E-state index in [1.807, 2.05) is 0 Å². The van der Waals surface area contributed by atoms with Crippen LogP contribution in [0, 0.1) is 0 Å². The van der Waals surface area contributed by atoms with Crippen LogP contribution in [0.25, 0.3) is 11.1 Å². The number of halogens is 2. The van der Waals surface area contributed by atoms with Crippen LogP contribution in [0.15, 0.2) is 16.5 Å². The van der Waals surface area contributed by atoms with Gasteiger partial charge in [-0.25, -0.2) is 4.98 Å². The van der Waals surface area contributed by atoms with Gasteiger partial charge >= 0.3 is 0 Å². The number of ether oxygens (including phenoxy) is 1. The first-order chi connectivity index (χ1) is 7.20. The first-order valence-electron chi connectivity index (χ1n) is 4.44. The SMILES string of the molecule is COCCc1nc2cc(Cl)c(Cl)cc2o1. The van der Waals surface area contributed by atoms with E-state index in [4.69, 9.17) is 32.4 Å². The molecule has 15 heavy (non-hydrogen) atoms. The molecule has 0 bridgehead atoms. The predicted molar refractivity (Wildman–Crippen MR) is 59.6 cm³/mol. The van der Waals surface area contributed by atoms with E-state index in [9.17, 15) is 0 Å². The number of methoxy groups -OCH3 is 1. The van der Waals surface area contributed by atoms with E-state index >= 15 is 0 Å². The Morgan fingerprint density at radius 2 is 2.07 bits per heavy atom. The molecule has 1 aromatic carbocycles. The summed E-state index contributed by atoms with van der Waals surface area (Å²) < 4.78 is 10.4. The number of oxazole rings is 1. The highest BCUT2D eigenvalue weighted by Gasteiger charge is 2.08. The average Bonchev–Trinajstić information content (AvgIpc) is 2.58. The minimum atomic E-state index is 0.471. The van der Waals surface area contributed by atoms with Crippen molar-refractivity contribution in [1.82, 2.24) is 4.98 Å². The summed E-state index contributed by atoms with van der Waals surface area (Å²) in [6.45, 7) is 0.578. The zero-order valence-corrected chi connectivity index (χ0v) is 9.60. The summed E-state index contributed by atoms with van der Waals surface area (Å²) in [6, 6.07) is 3.36. The molecule has 2 rings (SSSR count). The molecule has 0 aliphatic heterocycles. The largest absolute Gasteiger partial charge is 0.441 e. The number of hydrogen-bond donors (Lipinski definition) is 0. The summed E-state index contributed by atoms with van der Waals surface area (Å²) >= 11 is 11.7. The van der Waals surface area contributed by atoms with Crippen molar-refractivity contribution in [1.29, 1.82) is 0 Å². The lowest BCUT2D eigenvalue weighted by molar-refractivity contribution is 0.196. The maximum atomic E-state index is 5.86. The quantitative estimate of drug-likeness (QED) is 0.833. The monoisotopic (exact) mass is 245 g/mol. The van der Waals surface area contributed by atoms with E-state index in [-0.39, 0.29) is 0 Å². The zero-order chi connectivity index (χ0) is 10.8. The Morgan fingerprint density at radius 3 is 2.80 bits per heavy atom. The Hall–Kier alpha value is -0.770. The first kappa shape index (κ1) is 10.7. The van der Waals surface area contributed by atoms with E-state index < -0.39 is 0 Å². The molecule has 0 atom stereocenters. The Morgan fingerprint density at radius 1 is 1.33 bits per heavy atom. The van der Waals surface area contributed by atoms with Gasteiger partial charge in [-0.2, -0.15) is 0 Å². The fourth-order valence-electron chi connectivity index (χ4n) is 1.27. The second-order valence-electron chi connectivity index (χ2n) is 3.08. The highest BCUT2D eigenvalue weighted by Crippen LogP contribution is 2.28. The molecule has 0 aliphatic rings. The Balaban J connectivity index is 2.38. The smallest absolute Gasteiger partial charge is 0.197 e. The molecular weight excluding hydrogens is 237 g/mol. The number of rotatable bonds is 3. The van der Waals surface area contributed by atoms with Crippen LogP contribution in [0.5, 0.6) is 0 Å². The van der Waals surface area contributed by atoms with Gasteiger partial charge in [0, 0.05) is 19.6 Å². The third kappa shape index (κ3) is 2.25. The minimum absolute atomic E-state index is 0.471. The van der Waals surface area contributed by atoms with Crippen LogP contribution in [0.3, 0.4) is 0 Å². The van der Waals surface area contributed by atoms with Gasteiger partial charge in [-0.1, -0.05) is 23.2 Å². The van der Waals surface area contributed by atoms with Gasteiger partial charge in [0.05, 0.1) is 16.7 Å². The molecule has 0 fully saturated rings. The van der Waals surface area contributed by atoms with Gasteiger partial charge in [-0.15, -0.1) is 0 Å². The molecule has 0 saturated carbocycles. The van der Waals surface area contributed by atoms with Crippen molar-refractivity contribution in [3.63, 3.8) is 0 Å². The van der Waals surface area contributed by atoms with Crippen LogP contribution in [0.1, 0.15) is 5.89 Å². The lowest BCUT2D eigenvalue weighted by Gasteiger charge is -1.92. The number of fused-ring (bicyclic) bond motifs is 1. The van der Waals surface area contributed by atoms with Crippen molar-refractivity contribution in [2.75, 3.05) is 13.7 Å². The normalized spacial score (nSPS) is 11.1. The van der Waals surface area contributed by atoms with Gasteiger partial charge in [0.25, 0.3) is 0 Å². The molecule has 1 heterocycles. The molecule has 0 spiro atoms. The maximum Gasteiger partial charge on any atom is 0.197 e. The molecule has 0 radical (unpaired) electrons. The lowest BCUT2D eigenvalue weighted by atomic mass is 10.3. The molecule has 0 unspecified atom stereocenters. The number of aromatic nitrogens is 1. The molecule has 2 aromatic rings. The van der Waals surface area contributed by atoms with Crippen molar-refractivity contribution >= 4 is 34.3 Å². The molecule has 0 saturated heterocycles. The second-order valence-corrected chi connectivity index (χ2v) is 3.90. The molecule has 80 valence electrons. The van der Waals surface area contributed by atoms with Crippen LogP contribution in [-0.4, -0.2) is 18.7 Å². The summed E-state index contributed by atoms with van der Waals surface area (Å²) in [4.78, 5) is 4.26. The third-order valence-electron chi connectivity index (χ3n) is 1.99. The lowest BCUT2D eigenvalue weighted by Crippen LogP contribution is -1.93. The molecule has 5 heteroatoms. The van der Waals surface area contributed by atoms with Crippen LogP contribution in [-0.2, 0) is 11.2 Å². The molecular formula is C10H9Cl2NO2. The maximum absolute atomic E-state index is 5.86. The number of hydrogen-bond acceptors (Lipinski definition) is 3. The Bertz CT molecular complexity index is 442. The summed E-state index contributed by atoms with van der Waals surface area (Å²) in [6.07, 6.45) is 0.639. The predicted octanol–water partition coefficient (Wildman–Crippen LogP) is 3.32. The van der Waals surface area contributed by atoms with E-state index in [0.29, 0.717) is 34.5 Å². The molecule has 0 N–H and O–H groups in total. The van der Waals surface area contributed by atoms with Crippen LogP contribution < -0.4 is 0 Å². The van der Waals surface area contributed by atoms with Crippen LogP contribution in [0.2, 0.25) is 10.0 Å². The fraction of sp³-hybridized carbons (Fsp3) is 0.300. The second kappa shape index (κ2) is 4.39. The van der Waals surface area contributed by atoms with Gasteiger partial charge in [0.2, 0.25) is 0 Å². The van der Waals surface area contributed by atoms with Crippen molar-refractivity contribution in [3.8, 4) is 0 Å². The van der Waals surface area contributed by atoms with Gasteiger partial charge in [-0.05, 0) is 6.07 Å². The highest BCUT2D eigenvalue weighted by atomic mass is 35.5. The highest BCUT2D eigenvalue weighted by molar-refractivity contribution is 6.42. The van der Waals surface area contributed by atoms with Gasteiger partial charge in [0.15, 0.2) is 11.5 Å². The van der Waals surface area contributed by atoms with Crippen LogP contribution >= 0.6 is 23.2 Å². The first-order valence-corrected chi connectivity index (χ1v) is 5.19. The minimum Gasteiger partial charge on any atom is -0.441 e. The summed E-state index contributed by atoms with van der Waals surface area (Å²) in [5, 5.41) is 0.953. The standard InChI is InChI=1S/C10H9Cl2NO2/c1-14-3-2-10-13-8-4-6(11)7(12)5-9(8)15-10/h4-5H,2-3H2,1H3. The van der Waals surface area contributed by atoms with Gasteiger partial charge in [-0.3, -0.25) is 0 Å². The fourth-order valence-corrected chi connectivity index (χ4v) is 1.58. The van der Waals surface area contributed by atoms with E-state index in [1.54, 1.807) is 19.2 Å². The topological polar surface area (TPSA) is 35.3 Å². The van der Waals surface area contributed by atoms with Crippen molar-refractivity contribution in [2.45, 2.75) is 6.42 Å². The zero-order valence-electron chi connectivity index (χ0n) is 8.09. The van der Waals surface area contributed by atoms with Crippen molar-refractivity contribution in [3.05, 3.63) is 28.1 Å². The van der Waals surface area contributed by atoms with Gasteiger partial charge in [0.1, 0.15) is 5.52 Å². The number of nitrogens with zero attached hydrogens (tertiary/aromatic N) is 1. The van der Waals surface area contributed by atoms with Crippen molar-refractivity contribution < 1.29 is 9.15 Å². The third-order valence-corrected chi connectivity index (χ3v) is 2.72. The Kier molecular flexibility index (Phi) is 3.14. The molecule has 3 nitrogen and oxygen atoms in total. The molecule has 0 amide bonds. The number of benzene rings is 1. The summed E-state index contributed by atoms with van der Waals surface area (Å²) in [5.74, 6) is 0.630. The molecule has 0 aliphatic carbocycles. The van der Waals surface area contributed by atoms with Gasteiger partial charge < -0.3 is 9.15 Å². The Labute approximate surface area is 96.9 Å². The van der Waals surface area contributed by atoms with Crippen molar-refractivity contribution in [2.24, 2.45) is 0 Å². The van der Waals surface area contributed by atoms with E-state index in [0.717, 1.165) is 5.52 Å². The molecule has 1 aromatic heterocycles. The summed E-state index contributed by atoms with van der Waals surface area (Å²) in [7, 11) is 1.64.